The smallest absolute Gasteiger partial charge is 0.261 e. The number of benzene rings is 1. The van der Waals surface area contributed by atoms with Crippen LogP contribution in [0.1, 0.15) is 5.56 Å². The van der Waals surface area contributed by atoms with E-state index in [2.05, 4.69) is 26.9 Å². The quantitative estimate of drug-likeness (QED) is 0.696. The predicted molar refractivity (Wildman–Crippen MR) is 92.5 cm³/mol. The number of pyridine rings is 1. The molecule has 0 radical (unpaired) electrons. The average Bonchev–Trinajstić information content (AvgIpc) is 2.93. The van der Waals surface area contributed by atoms with Crippen molar-refractivity contribution in [2.75, 3.05) is 21.9 Å². The van der Waals surface area contributed by atoms with Crippen molar-refractivity contribution in [2.45, 2.75) is 11.3 Å². The molecule has 1 aromatic carbocycles. The van der Waals surface area contributed by atoms with Crippen LogP contribution < -0.4 is 15.4 Å². The van der Waals surface area contributed by atoms with Gasteiger partial charge in [0.2, 0.25) is 5.91 Å². The Morgan fingerprint density at radius 3 is 2.83 bits per heavy atom. The van der Waals surface area contributed by atoms with Crippen LogP contribution in [0.15, 0.2) is 54.1 Å². The van der Waals surface area contributed by atoms with E-state index in [1.54, 1.807) is 24.3 Å². The van der Waals surface area contributed by atoms with Crippen LogP contribution in [-0.2, 0) is 21.2 Å². The zero-order valence-electron chi connectivity index (χ0n) is 12.7. The third-order valence-electron chi connectivity index (χ3n) is 3.46. The summed E-state index contributed by atoms with van der Waals surface area (Å²) in [6, 6.07) is 7.85. The highest BCUT2D eigenvalue weighted by molar-refractivity contribution is 7.92. The van der Waals surface area contributed by atoms with Crippen LogP contribution in [0.2, 0.25) is 0 Å². The predicted octanol–water partition coefficient (Wildman–Crippen LogP) is 1.97. The Kier molecular flexibility index (Phi) is 4.22. The van der Waals surface area contributed by atoms with E-state index in [4.69, 9.17) is 0 Å². The lowest BCUT2D eigenvalue weighted by molar-refractivity contribution is -0.115. The van der Waals surface area contributed by atoms with Crippen LogP contribution in [0.5, 0.6) is 0 Å². The van der Waals surface area contributed by atoms with Crippen LogP contribution in [0, 0.1) is 0 Å². The fourth-order valence-electron chi connectivity index (χ4n) is 2.32. The van der Waals surface area contributed by atoms with Gasteiger partial charge in [0.1, 0.15) is 5.82 Å². The first-order valence-electron chi connectivity index (χ1n) is 7.24. The summed E-state index contributed by atoms with van der Waals surface area (Å²) < 4.78 is 27.4. The first-order chi connectivity index (χ1) is 11.5. The standard InChI is InChI=1S/C16H16N4O3S/c1-2-7-17-15-6-3-12(10-18-15)20-24(22,23)13-4-5-14-11(8-13)9-16(21)19-14/h2-6,8,10,20H,1,7,9H2,(H,17,18)(H,19,21). The molecule has 2 aromatic rings. The molecule has 0 unspecified atom stereocenters. The third kappa shape index (κ3) is 3.38. The number of hydrogen-bond acceptors (Lipinski definition) is 5. The number of carbonyl (C=O) groups excluding carboxylic acids is 1. The minimum absolute atomic E-state index is 0.103. The van der Waals surface area contributed by atoms with Gasteiger partial charge in [-0.05, 0) is 35.9 Å². The summed E-state index contributed by atoms with van der Waals surface area (Å²) >= 11 is 0. The second-order valence-electron chi connectivity index (χ2n) is 5.25. The van der Waals surface area contributed by atoms with Crippen molar-refractivity contribution in [1.29, 1.82) is 0 Å². The van der Waals surface area contributed by atoms with Crippen LogP contribution in [0.4, 0.5) is 17.2 Å². The number of aromatic nitrogens is 1. The molecule has 3 rings (SSSR count). The van der Waals surface area contributed by atoms with Gasteiger partial charge in [0.15, 0.2) is 0 Å². The van der Waals surface area contributed by atoms with E-state index in [9.17, 15) is 13.2 Å². The molecule has 0 bridgehead atoms. The van der Waals surface area contributed by atoms with Crippen molar-refractivity contribution < 1.29 is 13.2 Å². The van der Waals surface area contributed by atoms with Crippen LogP contribution in [0.25, 0.3) is 0 Å². The number of carbonyl (C=O) groups is 1. The van der Waals surface area contributed by atoms with Gasteiger partial charge in [-0.25, -0.2) is 13.4 Å². The Bertz CT molecular complexity index is 892. The van der Waals surface area contributed by atoms with E-state index in [0.717, 1.165) is 0 Å². The molecule has 1 aliphatic rings. The fourth-order valence-corrected chi connectivity index (χ4v) is 3.42. The van der Waals surface area contributed by atoms with E-state index in [1.807, 2.05) is 0 Å². The highest BCUT2D eigenvalue weighted by Gasteiger charge is 2.21. The van der Waals surface area contributed by atoms with Gasteiger partial charge in [-0.2, -0.15) is 0 Å². The first-order valence-corrected chi connectivity index (χ1v) is 8.73. The topological polar surface area (TPSA) is 100 Å². The molecule has 24 heavy (non-hydrogen) atoms. The molecule has 3 N–H and O–H groups in total. The summed E-state index contributed by atoms with van der Waals surface area (Å²) in [7, 11) is -3.75. The second kappa shape index (κ2) is 6.32. The zero-order valence-corrected chi connectivity index (χ0v) is 13.6. The van der Waals surface area contributed by atoms with Gasteiger partial charge in [-0.15, -0.1) is 6.58 Å². The van der Waals surface area contributed by atoms with Gasteiger partial charge < -0.3 is 10.6 Å². The maximum Gasteiger partial charge on any atom is 0.261 e. The molecule has 124 valence electrons. The van der Waals surface area contributed by atoms with E-state index in [0.29, 0.717) is 29.3 Å². The molecule has 1 aromatic heterocycles. The Morgan fingerprint density at radius 2 is 2.12 bits per heavy atom. The van der Waals surface area contributed by atoms with Crippen molar-refractivity contribution in [3.8, 4) is 0 Å². The summed E-state index contributed by atoms with van der Waals surface area (Å²) in [5.74, 6) is 0.485. The van der Waals surface area contributed by atoms with Crippen molar-refractivity contribution >= 4 is 33.1 Å². The van der Waals surface area contributed by atoms with E-state index >= 15 is 0 Å². The first kappa shape index (κ1) is 16.0. The third-order valence-corrected chi connectivity index (χ3v) is 4.83. The minimum atomic E-state index is -3.75. The Balaban J connectivity index is 1.78. The molecule has 1 aliphatic heterocycles. The van der Waals surface area contributed by atoms with Gasteiger partial charge >= 0.3 is 0 Å². The summed E-state index contributed by atoms with van der Waals surface area (Å²) in [5, 5.41) is 5.67. The largest absolute Gasteiger partial charge is 0.367 e. The van der Waals surface area contributed by atoms with Crippen molar-refractivity contribution in [2.24, 2.45) is 0 Å². The maximum absolute atomic E-state index is 12.5. The van der Waals surface area contributed by atoms with Gasteiger partial charge in [0.25, 0.3) is 10.0 Å². The van der Waals surface area contributed by atoms with E-state index in [1.165, 1.54) is 18.3 Å². The molecule has 0 spiro atoms. The highest BCUT2D eigenvalue weighted by Crippen LogP contribution is 2.26. The zero-order chi connectivity index (χ0) is 17.2. The van der Waals surface area contributed by atoms with Crippen LogP contribution in [0.3, 0.4) is 0 Å². The number of amides is 1. The van der Waals surface area contributed by atoms with E-state index < -0.39 is 10.0 Å². The summed E-state index contributed by atoms with van der Waals surface area (Å²) in [4.78, 5) is 15.6. The summed E-state index contributed by atoms with van der Waals surface area (Å²) in [6.45, 7) is 4.17. The summed E-state index contributed by atoms with van der Waals surface area (Å²) in [6.07, 6.45) is 3.32. The lowest BCUT2D eigenvalue weighted by Crippen LogP contribution is -2.13. The monoisotopic (exact) mass is 344 g/mol. The Hall–Kier alpha value is -2.87. The van der Waals surface area contributed by atoms with Crippen LogP contribution >= 0.6 is 0 Å². The molecule has 2 heterocycles. The lowest BCUT2D eigenvalue weighted by Gasteiger charge is -2.10. The molecule has 0 atom stereocenters. The normalized spacial score (nSPS) is 13.1. The Labute approximate surface area is 139 Å². The second-order valence-corrected chi connectivity index (χ2v) is 6.93. The Morgan fingerprint density at radius 1 is 1.29 bits per heavy atom. The van der Waals surface area contributed by atoms with Gasteiger partial charge in [-0.3, -0.25) is 9.52 Å². The molecule has 0 aliphatic carbocycles. The number of hydrogen-bond donors (Lipinski definition) is 3. The molecule has 7 nitrogen and oxygen atoms in total. The number of nitrogens with one attached hydrogen (secondary N) is 3. The highest BCUT2D eigenvalue weighted by atomic mass is 32.2. The maximum atomic E-state index is 12.5. The fraction of sp³-hybridized carbons (Fsp3) is 0.125. The summed E-state index contributed by atoms with van der Waals surface area (Å²) in [5.41, 5.74) is 1.68. The molecule has 0 fully saturated rings. The van der Waals surface area contributed by atoms with Gasteiger partial charge in [0, 0.05) is 12.2 Å². The molecule has 0 saturated heterocycles. The van der Waals surface area contributed by atoms with E-state index in [-0.39, 0.29) is 17.2 Å². The number of rotatable bonds is 6. The minimum Gasteiger partial charge on any atom is -0.367 e. The van der Waals surface area contributed by atoms with Crippen molar-refractivity contribution in [3.63, 3.8) is 0 Å². The number of sulfonamides is 1. The number of anilines is 3. The van der Waals surface area contributed by atoms with Gasteiger partial charge in [0.05, 0.1) is 23.2 Å². The lowest BCUT2D eigenvalue weighted by atomic mass is 10.2. The molecule has 8 heteroatoms. The van der Waals surface area contributed by atoms with Crippen LogP contribution in [-0.4, -0.2) is 25.9 Å². The van der Waals surface area contributed by atoms with Crippen molar-refractivity contribution in [3.05, 3.63) is 54.7 Å². The number of nitrogens with zero attached hydrogens (tertiary/aromatic N) is 1. The van der Waals surface area contributed by atoms with Gasteiger partial charge in [-0.1, -0.05) is 6.08 Å². The molecular formula is C16H16N4O3S. The number of fused-ring (bicyclic) bond motifs is 1. The SMILES string of the molecule is C=CCNc1ccc(NS(=O)(=O)c2ccc3c(c2)CC(=O)N3)cn1. The molecule has 0 saturated carbocycles. The molecular weight excluding hydrogens is 328 g/mol. The van der Waals surface area contributed by atoms with Crippen molar-refractivity contribution in [1.82, 2.24) is 4.98 Å². The molecule has 1 amide bonds. The average molecular weight is 344 g/mol.